The quantitative estimate of drug-likeness (QED) is 0.345. The number of rotatable bonds is 6. The molecule has 0 heterocycles. The highest BCUT2D eigenvalue weighted by Crippen LogP contribution is 2.30. The van der Waals surface area contributed by atoms with Gasteiger partial charge in [-0.2, -0.15) is 0 Å². The Labute approximate surface area is 120 Å². The molecule has 0 radical (unpaired) electrons. The van der Waals surface area contributed by atoms with Gasteiger partial charge in [-0.15, -0.1) is 0 Å². The first-order chi connectivity index (χ1) is 9.76. The second-order valence-electron chi connectivity index (χ2n) is 4.38. The molecule has 0 aromatic heterocycles. The number of carbonyl (C=O) groups is 1. The van der Waals surface area contributed by atoms with Gasteiger partial charge in [0.15, 0.2) is 0 Å². The lowest BCUT2D eigenvalue weighted by Crippen LogP contribution is -2.11. The van der Waals surface area contributed by atoms with Crippen molar-refractivity contribution >= 4 is 17.3 Å². The van der Waals surface area contributed by atoms with Gasteiger partial charge >= 0.3 is 5.97 Å². The summed E-state index contributed by atoms with van der Waals surface area (Å²) in [6, 6.07) is 3.18. The minimum Gasteiger partial charge on any atom is -0.454 e. The van der Waals surface area contributed by atoms with E-state index in [0.29, 0.717) is 6.42 Å². The number of esters is 1. The monoisotopic (exact) mass is 294 g/mol. The lowest BCUT2D eigenvalue weighted by Gasteiger charge is -2.16. The Bertz CT molecular complexity index is 578. The van der Waals surface area contributed by atoms with Crippen molar-refractivity contribution in [3.8, 4) is 0 Å². The smallest absolute Gasteiger partial charge is 0.333 e. The Kier molecular flexibility index (Phi) is 5.12. The number of ether oxygens (including phenoxy) is 1. The van der Waals surface area contributed by atoms with E-state index < -0.39 is 33.3 Å². The summed E-state index contributed by atoms with van der Waals surface area (Å²) in [5.41, 5.74) is -0.477. The molecule has 0 aliphatic heterocycles. The normalized spacial score (nSPS) is 11.5. The standard InChI is InChI=1S/C13H14N2O6/c1-4-12(21-13(16)8(2)3)9-5-10(14(17)18)7-11(6-9)15(19)20/h5-7,12H,2,4H2,1,3H3. The van der Waals surface area contributed by atoms with E-state index in [1.165, 1.54) is 6.92 Å². The Balaban J connectivity index is 3.25. The third kappa shape index (κ3) is 4.10. The molecule has 0 spiro atoms. The van der Waals surface area contributed by atoms with Crippen LogP contribution in [0, 0.1) is 20.2 Å². The van der Waals surface area contributed by atoms with Crippen molar-refractivity contribution in [2.75, 3.05) is 0 Å². The van der Waals surface area contributed by atoms with Crippen LogP contribution in [0.15, 0.2) is 30.4 Å². The van der Waals surface area contributed by atoms with Gasteiger partial charge < -0.3 is 4.74 Å². The number of benzene rings is 1. The summed E-state index contributed by atoms with van der Waals surface area (Å²) in [5, 5.41) is 21.7. The van der Waals surface area contributed by atoms with Gasteiger partial charge in [-0.25, -0.2) is 4.79 Å². The third-order valence-corrected chi connectivity index (χ3v) is 2.69. The van der Waals surface area contributed by atoms with E-state index >= 15 is 0 Å². The van der Waals surface area contributed by atoms with E-state index in [0.717, 1.165) is 18.2 Å². The highest BCUT2D eigenvalue weighted by atomic mass is 16.6. The number of non-ortho nitro benzene ring substituents is 2. The molecule has 0 aliphatic carbocycles. The summed E-state index contributed by atoms with van der Waals surface area (Å²) < 4.78 is 5.13. The molecule has 1 aromatic carbocycles. The van der Waals surface area contributed by atoms with Crippen LogP contribution in [-0.2, 0) is 9.53 Å². The zero-order valence-electron chi connectivity index (χ0n) is 11.6. The van der Waals surface area contributed by atoms with Crippen LogP contribution in [0.4, 0.5) is 11.4 Å². The number of nitrogens with zero attached hydrogens (tertiary/aromatic N) is 2. The molecule has 21 heavy (non-hydrogen) atoms. The van der Waals surface area contributed by atoms with E-state index in [-0.39, 0.29) is 11.1 Å². The molecule has 0 bridgehead atoms. The van der Waals surface area contributed by atoms with Gasteiger partial charge in [0.2, 0.25) is 0 Å². The van der Waals surface area contributed by atoms with Crippen molar-refractivity contribution < 1.29 is 19.4 Å². The van der Waals surface area contributed by atoms with Crippen LogP contribution in [0.3, 0.4) is 0 Å². The van der Waals surface area contributed by atoms with Gasteiger partial charge in [-0.05, 0) is 13.3 Å². The molecular weight excluding hydrogens is 280 g/mol. The van der Waals surface area contributed by atoms with Crippen molar-refractivity contribution in [1.29, 1.82) is 0 Å². The van der Waals surface area contributed by atoms with E-state index in [4.69, 9.17) is 4.74 Å². The summed E-state index contributed by atoms with van der Waals surface area (Å²) in [4.78, 5) is 31.7. The molecule has 1 rings (SSSR count). The molecule has 8 nitrogen and oxygen atoms in total. The Morgan fingerprint density at radius 3 is 2.05 bits per heavy atom. The van der Waals surface area contributed by atoms with Crippen LogP contribution in [0.2, 0.25) is 0 Å². The number of carbonyl (C=O) groups excluding carboxylic acids is 1. The van der Waals surface area contributed by atoms with Gasteiger partial charge in [-0.3, -0.25) is 20.2 Å². The topological polar surface area (TPSA) is 113 Å². The second kappa shape index (κ2) is 6.60. The van der Waals surface area contributed by atoms with E-state index in [1.807, 2.05) is 0 Å². The molecular formula is C13H14N2O6. The number of hydrogen-bond acceptors (Lipinski definition) is 6. The maximum absolute atomic E-state index is 11.5. The lowest BCUT2D eigenvalue weighted by molar-refractivity contribution is -0.394. The van der Waals surface area contributed by atoms with Gasteiger partial charge in [-0.1, -0.05) is 13.5 Å². The predicted molar refractivity (Wildman–Crippen MR) is 73.7 cm³/mol. The molecule has 0 saturated heterocycles. The third-order valence-electron chi connectivity index (χ3n) is 2.69. The largest absolute Gasteiger partial charge is 0.454 e. The van der Waals surface area contributed by atoms with E-state index in [9.17, 15) is 25.0 Å². The molecule has 8 heteroatoms. The number of nitro groups is 2. The first-order valence-corrected chi connectivity index (χ1v) is 6.06. The van der Waals surface area contributed by atoms with E-state index in [1.54, 1.807) is 6.92 Å². The Hall–Kier alpha value is -2.77. The van der Waals surface area contributed by atoms with Crippen molar-refractivity contribution in [3.05, 3.63) is 56.1 Å². The highest BCUT2D eigenvalue weighted by Gasteiger charge is 2.22. The Morgan fingerprint density at radius 1 is 1.24 bits per heavy atom. The fraction of sp³-hybridized carbons (Fsp3) is 0.308. The van der Waals surface area contributed by atoms with Crippen molar-refractivity contribution in [2.45, 2.75) is 26.4 Å². The second-order valence-corrected chi connectivity index (χ2v) is 4.38. The molecule has 1 aromatic rings. The number of hydrogen-bond donors (Lipinski definition) is 0. The van der Waals surface area contributed by atoms with E-state index in [2.05, 4.69) is 6.58 Å². The molecule has 0 N–H and O–H groups in total. The maximum Gasteiger partial charge on any atom is 0.333 e. The minimum atomic E-state index is -0.812. The van der Waals surface area contributed by atoms with Gasteiger partial charge in [0, 0.05) is 23.3 Å². The predicted octanol–water partition coefficient (Wildman–Crippen LogP) is 3.07. The average Bonchev–Trinajstić information content (AvgIpc) is 2.43. The summed E-state index contributed by atoms with van der Waals surface area (Å²) in [5.74, 6) is -0.656. The van der Waals surface area contributed by atoms with Crippen LogP contribution >= 0.6 is 0 Å². The summed E-state index contributed by atoms with van der Waals surface area (Å²) in [6.45, 7) is 6.60. The van der Waals surface area contributed by atoms with Crippen molar-refractivity contribution in [1.82, 2.24) is 0 Å². The Morgan fingerprint density at radius 2 is 1.71 bits per heavy atom. The zero-order valence-corrected chi connectivity index (χ0v) is 11.6. The first-order valence-electron chi connectivity index (χ1n) is 6.06. The minimum absolute atomic E-state index is 0.174. The fourth-order valence-electron chi connectivity index (χ4n) is 1.63. The van der Waals surface area contributed by atoms with Crippen molar-refractivity contribution in [3.63, 3.8) is 0 Å². The zero-order chi connectivity index (χ0) is 16.2. The van der Waals surface area contributed by atoms with Crippen LogP contribution in [0.1, 0.15) is 31.9 Å². The van der Waals surface area contributed by atoms with Crippen LogP contribution in [0.5, 0.6) is 0 Å². The molecule has 0 amide bonds. The average molecular weight is 294 g/mol. The summed E-state index contributed by atoms with van der Waals surface area (Å²) >= 11 is 0. The molecule has 0 fully saturated rings. The van der Waals surface area contributed by atoms with Gasteiger partial charge in [0.05, 0.1) is 15.9 Å². The number of nitro benzene ring substituents is 2. The summed E-state index contributed by atoms with van der Waals surface area (Å²) in [6.07, 6.45) is -0.495. The first kappa shape index (κ1) is 16.3. The highest BCUT2D eigenvalue weighted by molar-refractivity contribution is 5.87. The molecule has 0 saturated carbocycles. The molecule has 112 valence electrons. The van der Waals surface area contributed by atoms with Gasteiger partial charge in [0.25, 0.3) is 11.4 Å². The molecule has 1 unspecified atom stereocenters. The maximum atomic E-state index is 11.5. The fourth-order valence-corrected chi connectivity index (χ4v) is 1.63. The molecule has 1 atom stereocenters. The SMILES string of the molecule is C=C(C)C(=O)OC(CC)c1cc([N+](=O)[O-])cc([N+](=O)[O-])c1. The summed E-state index contributed by atoms with van der Waals surface area (Å²) in [7, 11) is 0. The van der Waals surface area contributed by atoms with Crippen molar-refractivity contribution in [2.24, 2.45) is 0 Å². The van der Waals surface area contributed by atoms with Crippen LogP contribution in [-0.4, -0.2) is 15.8 Å². The van der Waals surface area contributed by atoms with Crippen LogP contribution in [0.25, 0.3) is 0 Å². The molecule has 0 aliphatic rings. The van der Waals surface area contributed by atoms with Crippen LogP contribution < -0.4 is 0 Å². The lowest BCUT2D eigenvalue weighted by atomic mass is 10.1. The van der Waals surface area contributed by atoms with Gasteiger partial charge in [0.1, 0.15) is 6.10 Å².